The number of ketones is 1. The molecule has 0 aliphatic carbocycles. The molecule has 0 saturated heterocycles. The minimum atomic E-state index is -0.233. The summed E-state index contributed by atoms with van der Waals surface area (Å²) in [5, 5.41) is 2.91. The Kier molecular flexibility index (Phi) is 5.76. The van der Waals surface area contributed by atoms with E-state index in [1.54, 1.807) is 19.4 Å². The first-order chi connectivity index (χ1) is 11.4. The average Bonchev–Trinajstić information content (AvgIpc) is 3.05. The minimum Gasteiger partial charge on any atom is -0.497 e. The number of amides is 1. The molecule has 0 bridgehead atoms. The maximum Gasteiger partial charge on any atom is 0.267 e. The van der Waals surface area contributed by atoms with Crippen LogP contribution in [0.5, 0.6) is 5.75 Å². The highest BCUT2D eigenvalue weighted by Crippen LogP contribution is 2.20. The number of rotatable bonds is 7. The molecule has 6 nitrogen and oxygen atoms in total. The van der Waals surface area contributed by atoms with E-state index in [-0.39, 0.29) is 17.7 Å². The van der Waals surface area contributed by atoms with Crippen molar-refractivity contribution in [1.29, 1.82) is 0 Å². The lowest BCUT2D eigenvalue weighted by atomic mass is 10.1. The second-order valence-corrected chi connectivity index (χ2v) is 5.82. The number of ether oxygens (including phenoxy) is 1. The minimum absolute atomic E-state index is 0.0297. The molecule has 1 heterocycles. The van der Waals surface area contributed by atoms with Crippen molar-refractivity contribution in [3.05, 3.63) is 53.3 Å². The number of aromatic nitrogens is 1. The summed E-state index contributed by atoms with van der Waals surface area (Å²) in [5.41, 5.74) is 1.96. The van der Waals surface area contributed by atoms with Crippen LogP contribution in [0, 0.1) is 0 Å². The number of methoxy groups -OCH3 is 1. The summed E-state index contributed by atoms with van der Waals surface area (Å²) >= 11 is 0. The monoisotopic (exact) mass is 329 g/mol. The van der Waals surface area contributed by atoms with Crippen LogP contribution in [0.15, 0.2) is 36.5 Å². The SMILES string of the molecule is COc1ccc([C@H](CNC(=O)c2cc(C(C)=O)c[nH]2)N(C)C)cc1. The van der Waals surface area contributed by atoms with Crippen molar-refractivity contribution >= 4 is 11.7 Å². The fraction of sp³-hybridized carbons (Fsp3) is 0.333. The summed E-state index contributed by atoms with van der Waals surface area (Å²) in [5.74, 6) is 0.487. The zero-order valence-corrected chi connectivity index (χ0v) is 14.4. The molecule has 0 unspecified atom stereocenters. The highest BCUT2D eigenvalue weighted by atomic mass is 16.5. The van der Waals surface area contributed by atoms with Gasteiger partial charge in [-0.25, -0.2) is 0 Å². The molecule has 0 fully saturated rings. The fourth-order valence-corrected chi connectivity index (χ4v) is 2.44. The molecule has 0 aliphatic heterocycles. The number of nitrogens with zero attached hydrogens (tertiary/aromatic N) is 1. The zero-order chi connectivity index (χ0) is 17.7. The van der Waals surface area contributed by atoms with Gasteiger partial charge in [0, 0.05) is 18.3 Å². The third-order valence-electron chi connectivity index (χ3n) is 3.91. The van der Waals surface area contributed by atoms with Crippen molar-refractivity contribution in [3.8, 4) is 5.75 Å². The Morgan fingerprint density at radius 3 is 2.42 bits per heavy atom. The van der Waals surface area contributed by atoms with E-state index < -0.39 is 0 Å². The molecule has 1 atom stereocenters. The largest absolute Gasteiger partial charge is 0.497 e. The number of likely N-dealkylation sites (N-methyl/N-ethyl adjacent to an activating group) is 1. The van der Waals surface area contributed by atoms with Gasteiger partial charge in [-0.05, 0) is 44.8 Å². The number of H-pyrrole nitrogens is 1. The standard InChI is InChI=1S/C18H23N3O3/c1-12(22)14-9-16(19-10-14)18(23)20-11-17(21(2)3)13-5-7-15(24-4)8-6-13/h5-10,17,19H,11H2,1-4H3,(H,20,23)/t17-/m0/s1. The van der Waals surface area contributed by atoms with Crippen LogP contribution in [-0.2, 0) is 0 Å². The van der Waals surface area contributed by atoms with E-state index in [2.05, 4.69) is 10.3 Å². The second kappa shape index (κ2) is 7.79. The van der Waals surface area contributed by atoms with Gasteiger partial charge in [-0.3, -0.25) is 9.59 Å². The Balaban J connectivity index is 2.04. The van der Waals surface area contributed by atoms with Gasteiger partial charge in [0.05, 0.1) is 13.2 Å². The van der Waals surface area contributed by atoms with Gasteiger partial charge < -0.3 is 19.9 Å². The number of hydrogen-bond acceptors (Lipinski definition) is 4. The Morgan fingerprint density at radius 1 is 1.25 bits per heavy atom. The van der Waals surface area contributed by atoms with Gasteiger partial charge in [0.25, 0.3) is 5.91 Å². The van der Waals surface area contributed by atoms with E-state index in [4.69, 9.17) is 4.74 Å². The molecule has 0 spiro atoms. The van der Waals surface area contributed by atoms with Crippen molar-refractivity contribution in [2.45, 2.75) is 13.0 Å². The van der Waals surface area contributed by atoms with E-state index in [9.17, 15) is 9.59 Å². The molecule has 2 N–H and O–H groups in total. The topological polar surface area (TPSA) is 74.4 Å². The molecule has 1 amide bonds. The average molecular weight is 329 g/mol. The van der Waals surface area contributed by atoms with Crippen LogP contribution < -0.4 is 10.1 Å². The molecule has 0 aliphatic rings. The smallest absolute Gasteiger partial charge is 0.267 e. The van der Waals surface area contributed by atoms with Crippen molar-refractivity contribution in [1.82, 2.24) is 15.2 Å². The molecule has 1 aromatic heterocycles. The van der Waals surface area contributed by atoms with Crippen LogP contribution in [0.3, 0.4) is 0 Å². The van der Waals surface area contributed by atoms with Crippen LogP contribution >= 0.6 is 0 Å². The lowest BCUT2D eigenvalue weighted by Crippen LogP contribution is -2.34. The molecule has 1 aromatic carbocycles. The van der Waals surface area contributed by atoms with Gasteiger partial charge in [0.15, 0.2) is 5.78 Å². The quantitative estimate of drug-likeness (QED) is 0.764. The van der Waals surface area contributed by atoms with E-state index in [1.807, 2.05) is 43.3 Å². The summed E-state index contributed by atoms with van der Waals surface area (Å²) < 4.78 is 5.17. The molecule has 128 valence electrons. The van der Waals surface area contributed by atoms with E-state index in [0.717, 1.165) is 11.3 Å². The van der Waals surface area contributed by atoms with Crippen LogP contribution in [0.1, 0.15) is 39.4 Å². The summed E-state index contributed by atoms with van der Waals surface area (Å²) in [4.78, 5) is 28.4. The third-order valence-corrected chi connectivity index (χ3v) is 3.91. The Bertz CT molecular complexity index is 705. The van der Waals surface area contributed by atoms with E-state index in [0.29, 0.717) is 17.8 Å². The summed E-state index contributed by atoms with van der Waals surface area (Å²) in [6.07, 6.45) is 1.55. The van der Waals surface area contributed by atoms with Crippen molar-refractivity contribution in [2.24, 2.45) is 0 Å². The zero-order valence-electron chi connectivity index (χ0n) is 14.4. The first-order valence-corrected chi connectivity index (χ1v) is 7.70. The van der Waals surface area contributed by atoms with Crippen molar-refractivity contribution < 1.29 is 14.3 Å². The second-order valence-electron chi connectivity index (χ2n) is 5.82. The maximum atomic E-state index is 12.2. The molecule has 2 rings (SSSR count). The highest BCUT2D eigenvalue weighted by Gasteiger charge is 2.17. The molecular weight excluding hydrogens is 306 g/mol. The fourth-order valence-electron chi connectivity index (χ4n) is 2.44. The van der Waals surface area contributed by atoms with E-state index >= 15 is 0 Å². The first-order valence-electron chi connectivity index (χ1n) is 7.70. The van der Waals surface area contributed by atoms with Crippen molar-refractivity contribution in [2.75, 3.05) is 27.7 Å². The lowest BCUT2D eigenvalue weighted by Gasteiger charge is -2.25. The first kappa shape index (κ1) is 17.7. The van der Waals surface area contributed by atoms with Gasteiger partial charge in [0.1, 0.15) is 11.4 Å². The van der Waals surface area contributed by atoms with Crippen molar-refractivity contribution in [3.63, 3.8) is 0 Å². The Morgan fingerprint density at radius 2 is 1.92 bits per heavy atom. The number of aromatic amines is 1. The Labute approximate surface area is 141 Å². The summed E-state index contributed by atoms with van der Waals surface area (Å²) in [6, 6.07) is 9.36. The van der Waals surface area contributed by atoms with Gasteiger partial charge in [-0.2, -0.15) is 0 Å². The molecular formula is C18H23N3O3. The van der Waals surface area contributed by atoms with Crippen LogP contribution in [0.4, 0.5) is 0 Å². The number of nitrogens with one attached hydrogen (secondary N) is 2. The third kappa shape index (κ3) is 4.23. The molecule has 0 radical (unpaired) electrons. The molecule has 24 heavy (non-hydrogen) atoms. The maximum absolute atomic E-state index is 12.2. The molecule has 0 saturated carbocycles. The number of benzene rings is 1. The summed E-state index contributed by atoms with van der Waals surface area (Å²) in [7, 11) is 5.55. The van der Waals surface area contributed by atoms with Gasteiger partial charge in [-0.15, -0.1) is 0 Å². The predicted molar refractivity (Wildman–Crippen MR) is 92.6 cm³/mol. The number of Topliss-reactive ketones (excluding diaryl/α,β-unsaturated/α-hetero) is 1. The van der Waals surface area contributed by atoms with Crippen LogP contribution in [0.25, 0.3) is 0 Å². The lowest BCUT2D eigenvalue weighted by molar-refractivity contribution is 0.0937. The van der Waals surface area contributed by atoms with Crippen LogP contribution in [0.2, 0.25) is 0 Å². The summed E-state index contributed by atoms with van der Waals surface area (Å²) in [6.45, 7) is 1.92. The highest BCUT2D eigenvalue weighted by molar-refractivity contribution is 5.99. The van der Waals surface area contributed by atoms with E-state index in [1.165, 1.54) is 6.92 Å². The normalized spacial score (nSPS) is 12.0. The number of carbonyl (C=O) groups excluding carboxylic acids is 2. The number of hydrogen-bond donors (Lipinski definition) is 2. The van der Waals surface area contributed by atoms with Gasteiger partial charge >= 0.3 is 0 Å². The molecule has 2 aromatic rings. The van der Waals surface area contributed by atoms with Gasteiger partial charge in [-0.1, -0.05) is 12.1 Å². The van der Waals surface area contributed by atoms with Gasteiger partial charge in [0.2, 0.25) is 0 Å². The number of carbonyl (C=O) groups is 2. The van der Waals surface area contributed by atoms with Crippen LogP contribution in [-0.4, -0.2) is 49.3 Å². The molecule has 6 heteroatoms. The Hall–Kier alpha value is -2.60. The predicted octanol–water partition coefficient (Wildman–Crippen LogP) is 2.26.